The number of benzene rings is 1. The molecule has 16 heavy (non-hydrogen) atoms. The van der Waals surface area contributed by atoms with E-state index in [1.54, 1.807) is 12.1 Å². The van der Waals surface area contributed by atoms with E-state index < -0.39 is 5.97 Å². The predicted octanol–water partition coefficient (Wildman–Crippen LogP) is 1.47. The maximum atomic E-state index is 11.3. The molecule has 5 nitrogen and oxygen atoms in total. The standard InChI is InChI=1S/C10H7BrN2O3/c1-16-10(15)5-2-6(11)9-7(3-5)12-4-8(14)13-9/h2-4H,1H3,(H,13,14). The van der Waals surface area contributed by atoms with Gasteiger partial charge < -0.3 is 9.72 Å². The summed E-state index contributed by atoms with van der Waals surface area (Å²) >= 11 is 3.26. The van der Waals surface area contributed by atoms with Crippen molar-refractivity contribution in [2.75, 3.05) is 7.11 Å². The molecule has 6 heteroatoms. The summed E-state index contributed by atoms with van der Waals surface area (Å²) in [4.78, 5) is 29.0. The molecule has 1 heterocycles. The van der Waals surface area contributed by atoms with E-state index >= 15 is 0 Å². The van der Waals surface area contributed by atoms with Gasteiger partial charge in [0.1, 0.15) is 0 Å². The zero-order valence-corrected chi connectivity index (χ0v) is 9.87. The first-order valence-electron chi connectivity index (χ1n) is 4.38. The highest BCUT2D eigenvalue weighted by Crippen LogP contribution is 2.22. The van der Waals surface area contributed by atoms with Gasteiger partial charge in [0, 0.05) is 4.47 Å². The monoisotopic (exact) mass is 282 g/mol. The van der Waals surface area contributed by atoms with E-state index in [9.17, 15) is 9.59 Å². The van der Waals surface area contributed by atoms with Crippen molar-refractivity contribution in [2.45, 2.75) is 0 Å². The van der Waals surface area contributed by atoms with Crippen LogP contribution >= 0.6 is 15.9 Å². The smallest absolute Gasteiger partial charge is 0.337 e. The van der Waals surface area contributed by atoms with Gasteiger partial charge in [0.2, 0.25) is 0 Å². The number of nitrogens with zero attached hydrogens (tertiary/aromatic N) is 1. The average Bonchev–Trinajstić information content (AvgIpc) is 2.28. The van der Waals surface area contributed by atoms with Gasteiger partial charge in [0.15, 0.2) is 0 Å². The molecule has 0 aliphatic carbocycles. The van der Waals surface area contributed by atoms with Crippen LogP contribution in [0.2, 0.25) is 0 Å². The van der Waals surface area contributed by atoms with E-state index in [0.29, 0.717) is 21.1 Å². The summed E-state index contributed by atoms with van der Waals surface area (Å²) in [5.41, 5.74) is 1.16. The summed E-state index contributed by atoms with van der Waals surface area (Å²) in [6, 6.07) is 3.13. The second-order valence-corrected chi connectivity index (χ2v) is 3.95. The van der Waals surface area contributed by atoms with Crippen LogP contribution < -0.4 is 5.56 Å². The molecule has 2 aromatic rings. The molecule has 0 atom stereocenters. The Morgan fingerprint density at radius 1 is 1.50 bits per heavy atom. The fourth-order valence-electron chi connectivity index (χ4n) is 1.34. The van der Waals surface area contributed by atoms with Crippen molar-refractivity contribution in [3.63, 3.8) is 0 Å². The number of carbonyl (C=O) groups is 1. The fourth-order valence-corrected chi connectivity index (χ4v) is 1.89. The Labute approximate surface area is 98.6 Å². The van der Waals surface area contributed by atoms with Crippen LogP contribution in [0.4, 0.5) is 0 Å². The lowest BCUT2D eigenvalue weighted by atomic mass is 10.2. The summed E-state index contributed by atoms with van der Waals surface area (Å²) in [5.74, 6) is -0.449. The van der Waals surface area contributed by atoms with Crippen LogP contribution in [0.3, 0.4) is 0 Å². The molecule has 0 saturated carbocycles. The summed E-state index contributed by atoms with van der Waals surface area (Å²) in [6.45, 7) is 0. The molecule has 82 valence electrons. The number of hydrogen-bond donors (Lipinski definition) is 1. The van der Waals surface area contributed by atoms with Gasteiger partial charge in [-0.2, -0.15) is 0 Å². The molecule has 0 aliphatic rings. The zero-order valence-electron chi connectivity index (χ0n) is 8.28. The molecular formula is C10H7BrN2O3. The van der Waals surface area contributed by atoms with Crippen molar-refractivity contribution in [2.24, 2.45) is 0 Å². The number of fused-ring (bicyclic) bond motifs is 1. The molecule has 0 fully saturated rings. The van der Waals surface area contributed by atoms with Crippen LogP contribution in [0.15, 0.2) is 27.6 Å². The van der Waals surface area contributed by atoms with E-state index in [-0.39, 0.29) is 5.56 Å². The molecule has 1 aromatic heterocycles. The second kappa shape index (κ2) is 4.05. The lowest BCUT2D eigenvalue weighted by molar-refractivity contribution is 0.0601. The number of rotatable bonds is 1. The maximum absolute atomic E-state index is 11.3. The molecule has 0 saturated heterocycles. The molecule has 2 rings (SSSR count). The van der Waals surface area contributed by atoms with Gasteiger partial charge in [-0.3, -0.25) is 4.79 Å². The summed E-state index contributed by atoms with van der Waals surface area (Å²) < 4.78 is 5.20. The molecule has 1 N–H and O–H groups in total. The van der Waals surface area contributed by atoms with Crippen LogP contribution in [0.1, 0.15) is 10.4 Å². The van der Waals surface area contributed by atoms with Gasteiger partial charge in [-0.1, -0.05) is 0 Å². The number of aromatic nitrogens is 2. The van der Waals surface area contributed by atoms with E-state index in [1.165, 1.54) is 7.11 Å². The predicted molar refractivity (Wildman–Crippen MR) is 61.4 cm³/mol. The van der Waals surface area contributed by atoms with Gasteiger partial charge in [-0.25, -0.2) is 9.78 Å². The van der Waals surface area contributed by atoms with Crippen molar-refractivity contribution in [3.8, 4) is 0 Å². The first-order chi connectivity index (χ1) is 7.61. The van der Waals surface area contributed by atoms with Crippen LogP contribution in [0.25, 0.3) is 11.0 Å². The van der Waals surface area contributed by atoms with Crippen LogP contribution in [0.5, 0.6) is 0 Å². The average molecular weight is 283 g/mol. The first kappa shape index (κ1) is 10.8. The number of halogens is 1. The number of esters is 1. The number of ether oxygens (including phenoxy) is 1. The molecule has 0 aliphatic heterocycles. The van der Waals surface area contributed by atoms with E-state index in [2.05, 4.69) is 30.6 Å². The molecular weight excluding hydrogens is 276 g/mol. The fraction of sp³-hybridized carbons (Fsp3) is 0.100. The second-order valence-electron chi connectivity index (χ2n) is 3.09. The largest absolute Gasteiger partial charge is 0.465 e. The minimum atomic E-state index is -0.449. The Balaban J connectivity index is 2.73. The third-order valence-corrected chi connectivity index (χ3v) is 2.69. The third kappa shape index (κ3) is 1.83. The Hall–Kier alpha value is -1.69. The highest BCUT2D eigenvalue weighted by Gasteiger charge is 2.10. The van der Waals surface area contributed by atoms with Crippen LogP contribution in [0, 0.1) is 0 Å². The van der Waals surface area contributed by atoms with Crippen molar-refractivity contribution in [3.05, 3.63) is 38.7 Å². The van der Waals surface area contributed by atoms with Crippen LogP contribution in [-0.2, 0) is 4.74 Å². The number of hydrogen-bond acceptors (Lipinski definition) is 4. The summed E-state index contributed by atoms with van der Waals surface area (Å²) in [5, 5.41) is 0. The quantitative estimate of drug-likeness (QED) is 0.804. The Morgan fingerprint density at radius 3 is 2.94 bits per heavy atom. The number of H-pyrrole nitrogens is 1. The van der Waals surface area contributed by atoms with Gasteiger partial charge >= 0.3 is 5.97 Å². The number of aromatic amines is 1. The minimum absolute atomic E-state index is 0.293. The number of methoxy groups -OCH3 is 1. The molecule has 0 radical (unpaired) electrons. The maximum Gasteiger partial charge on any atom is 0.337 e. The lowest BCUT2D eigenvalue weighted by Gasteiger charge is -2.03. The first-order valence-corrected chi connectivity index (χ1v) is 5.18. The van der Waals surface area contributed by atoms with Gasteiger partial charge in [-0.15, -0.1) is 0 Å². The van der Waals surface area contributed by atoms with Gasteiger partial charge in [-0.05, 0) is 28.1 Å². The molecule has 1 aromatic carbocycles. The van der Waals surface area contributed by atoms with Gasteiger partial charge in [0.05, 0.1) is 29.9 Å². The topological polar surface area (TPSA) is 72.1 Å². The molecule has 0 amide bonds. The van der Waals surface area contributed by atoms with Crippen molar-refractivity contribution in [1.29, 1.82) is 0 Å². The van der Waals surface area contributed by atoms with Gasteiger partial charge in [0.25, 0.3) is 5.56 Å². The van der Waals surface area contributed by atoms with Crippen molar-refractivity contribution >= 4 is 32.9 Å². The van der Waals surface area contributed by atoms with Crippen LogP contribution in [-0.4, -0.2) is 23.0 Å². The lowest BCUT2D eigenvalue weighted by Crippen LogP contribution is -2.07. The Bertz CT molecular complexity index is 621. The van der Waals surface area contributed by atoms with E-state index in [4.69, 9.17) is 0 Å². The Kier molecular flexibility index (Phi) is 2.74. The third-order valence-electron chi connectivity index (χ3n) is 2.06. The Morgan fingerprint density at radius 2 is 2.25 bits per heavy atom. The zero-order chi connectivity index (χ0) is 11.7. The number of nitrogens with one attached hydrogen (secondary N) is 1. The summed E-state index contributed by atoms with van der Waals surface area (Å²) in [7, 11) is 1.31. The van der Waals surface area contributed by atoms with Crippen molar-refractivity contribution in [1.82, 2.24) is 9.97 Å². The van der Waals surface area contributed by atoms with E-state index in [1.807, 2.05) is 0 Å². The summed E-state index contributed by atoms with van der Waals surface area (Å²) in [6.07, 6.45) is 1.16. The molecule has 0 bridgehead atoms. The minimum Gasteiger partial charge on any atom is -0.465 e. The van der Waals surface area contributed by atoms with E-state index in [0.717, 1.165) is 6.20 Å². The highest BCUT2D eigenvalue weighted by molar-refractivity contribution is 9.10. The number of carbonyl (C=O) groups excluding carboxylic acids is 1. The molecule has 0 unspecified atom stereocenters. The SMILES string of the molecule is COC(=O)c1cc(Br)c2[nH]c(=O)cnc2c1. The van der Waals surface area contributed by atoms with Crippen molar-refractivity contribution < 1.29 is 9.53 Å². The molecule has 0 spiro atoms. The normalized spacial score (nSPS) is 10.4. The highest BCUT2D eigenvalue weighted by atomic mass is 79.9.